The van der Waals surface area contributed by atoms with Gasteiger partial charge in [-0.15, -0.1) is 0 Å². The van der Waals surface area contributed by atoms with E-state index in [9.17, 15) is 4.39 Å². The van der Waals surface area contributed by atoms with Gasteiger partial charge in [0.1, 0.15) is 0 Å². The van der Waals surface area contributed by atoms with Crippen molar-refractivity contribution in [3.8, 4) is 5.75 Å². The first-order valence-electron chi connectivity index (χ1n) is 5.88. The van der Waals surface area contributed by atoms with Gasteiger partial charge in [0.2, 0.25) is 0 Å². The minimum Gasteiger partial charge on any atom is -0.494 e. The van der Waals surface area contributed by atoms with E-state index in [1.807, 2.05) is 20.2 Å². The zero-order chi connectivity index (χ0) is 12.4. The molecule has 0 amide bonds. The van der Waals surface area contributed by atoms with E-state index >= 15 is 0 Å². The maximum absolute atomic E-state index is 14.2. The van der Waals surface area contributed by atoms with Crippen LogP contribution >= 0.6 is 0 Å². The molecule has 0 aromatic heterocycles. The van der Waals surface area contributed by atoms with Gasteiger partial charge in [-0.2, -0.15) is 0 Å². The molecule has 0 bridgehead atoms. The second-order valence-corrected chi connectivity index (χ2v) is 4.71. The normalized spacial score (nSPS) is 18.1. The Morgan fingerprint density at radius 3 is 2.88 bits per heavy atom. The van der Waals surface area contributed by atoms with E-state index in [1.54, 1.807) is 6.07 Å². The van der Waals surface area contributed by atoms with Gasteiger partial charge in [-0.3, -0.25) is 0 Å². The lowest BCUT2D eigenvalue weighted by atomic mass is 9.97. The quantitative estimate of drug-likeness (QED) is 0.871. The first-order chi connectivity index (χ1) is 8.13. The fourth-order valence-electron chi connectivity index (χ4n) is 2.28. The Morgan fingerprint density at radius 1 is 1.47 bits per heavy atom. The summed E-state index contributed by atoms with van der Waals surface area (Å²) in [5.74, 6) is 0.364. The molecule has 1 aromatic carbocycles. The van der Waals surface area contributed by atoms with Crippen LogP contribution in [0.5, 0.6) is 5.75 Å². The molecule has 94 valence electrons. The summed E-state index contributed by atoms with van der Waals surface area (Å²) in [7, 11) is 5.57. The molecule has 0 unspecified atom stereocenters. The molecule has 0 fully saturated rings. The number of nitrogens with one attached hydrogen (secondary N) is 1. The first kappa shape index (κ1) is 12.2. The van der Waals surface area contributed by atoms with Crippen LogP contribution in [-0.4, -0.2) is 39.2 Å². The van der Waals surface area contributed by atoms with Crippen molar-refractivity contribution in [1.82, 2.24) is 4.90 Å². The maximum Gasteiger partial charge on any atom is 0.170 e. The molecule has 1 N–H and O–H groups in total. The molecule has 1 heterocycles. The van der Waals surface area contributed by atoms with Crippen LogP contribution in [0.15, 0.2) is 12.1 Å². The van der Waals surface area contributed by atoms with Crippen molar-refractivity contribution in [1.29, 1.82) is 0 Å². The number of rotatable bonds is 4. The number of anilines is 1. The lowest BCUT2D eigenvalue weighted by molar-refractivity contribution is 0.372. The molecule has 1 aliphatic heterocycles. The third-order valence-corrected chi connectivity index (χ3v) is 3.24. The summed E-state index contributed by atoms with van der Waals surface area (Å²) < 4.78 is 19.2. The molecule has 1 atom stereocenters. The number of benzene rings is 1. The van der Waals surface area contributed by atoms with E-state index in [4.69, 9.17) is 4.74 Å². The number of nitrogens with zero attached hydrogens (tertiary/aromatic N) is 1. The van der Waals surface area contributed by atoms with Crippen molar-refractivity contribution >= 4 is 5.69 Å². The molecular formula is C13H19FN2O. The molecule has 17 heavy (non-hydrogen) atoms. The average Bonchev–Trinajstić information content (AvgIpc) is 2.71. The molecule has 1 aliphatic rings. The lowest BCUT2D eigenvalue weighted by Gasteiger charge is -2.15. The van der Waals surface area contributed by atoms with Gasteiger partial charge in [-0.1, -0.05) is 0 Å². The van der Waals surface area contributed by atoms with Crippen molar-refractivity contribution in [2.45, 2.75) is 12.3 Å². The monoisotopic (exact) mass is 238 g/mol. The second kappa shape index (κ2) is 4.92. The van der Waals surface area contributed by atoms with Crippen LogP contribution in [0.4, 0.5) is 10.1 Å². The van der Waals surface area contributed by atoms with E-state index < -0.39 is 0 Å². The summed E-state index contributed by atoms with van der Waals surface area (Å²) >= 11 is 0. The van der Waals surface area contributed by atoms with E-state index in [-0.39, 0.29) is 11.7 Å². The Labute approximate surface area is 102 Å². The number of fused-ring (bicyclic) bond motifs is 1. The highest BCUT2D eigenvalue weighted by atomic mass is 19.1. The first-order valence-corrected chi connectivity index (χ1v) is 5.88. The Morgan fingerprint density at radius 2 is 2.24 bits per heavy atom. The molecule has 0 saturated heterocycles. The van der Waals surface area contributed by atoms with E-state index in [0.29, 0.717) is 5.75 Å². The molecule has 4 heteroatoms. The van der Waals surface area contributed by atoms with Gasteiger partial charge < -0.3 is 15.0 Å². The number of halogens is 1. The third-order valence-electron chi connectivity index (χ3n) is 3.24. The number of hydrogen-bond acceptors (Lipinski definition) is 3. The van der Waals surface area contributed by atoms with E-state index in [1.165, 1.54) is 7.11 Å². The molecule has 0 saturated carbocycles. The second-order valence-electron chi connectivity index (χ2n) is 4.71. The van der Waals surface area contributed by atoms with Crippen LogP contribution in [-0.2, 0) is 0 Å². The average molecular weight is 238 g/mol. The van der Waals surface area contributed by atoms with Crippen LogP contribution in [0, 0.1) is 5.82 Å². The highest BCUT2D eigenvalue weighted by molar-refractivity contribution is 5.61. The number of hydrogen-bond donors (Lipinski definition) is 1. The summed E-state index contributed by atoms with van der Waals surface area (Å²) in [6, 6.07) is 3.57. The van der Waals surface area contributed by atoms with Gasteiger partial charge in [0, 0.05) is 23.7 Å². The van der Waals surface area contributed by atoms with Crippen LogP contribution in [0.2, 0.25) is 0 Å². The Hall–Kier alpha value is -1.29. The Balaban J connectivity index is 2.23. The predicted octanol–water partition coefficient (Wildman–Crippen LogP) is 2.30. The molecular weight excluding hydrogens is 219 g/mol. The van der Waals surface area contributed by atoms with Crippen molar-refractivity contribution in [3.05, 3.63) is 23.5 Å². The number of methoxy groups -OCH3 is 1. The summed E-state index contributed by atoms with van der Waals surface area (Å²) in [4.78, 5) is 2.12. The van der Waals surface area contributed by atoms with Gasteiger partial charge in [-0.25, -0.2) is 4.39 Å². The van der Waals surface area contributed by atoms with Gasteiger partial charge in [-0.05, 0) is 39.2 Å². The predicted molar refractivity (Wildman–Crippen MR) is 67.4 cm³/mol. The van der Waals surface area contributed by atoms with Crippen LogP contribution in [0.3, 0.4) is 0 Å². The third kappa shape index (κ3) is 2.36. The summed E-state index contributed by atoms with van der Waals surface area (Å²) in [6.07, 6.45) is 0.955. The standard InChI is InChI=1S/C13H19FN2O/c1-16(2)7-6-9-8-15-10-4-5-11(17-3)13(14)12(9)10/h4-5,9,15H,6-8H2,1-3H3/t9-/m0/s1. The van der Waals surface area contributed by atoms with Crippen molar-refractivity contribution < 1.29 is 9.13 Å². The highest BCUT2D eigenvalue weighted by Gasteiger charge is 2.27. The van der Waals surface area contributed by atoms with Crippen LogP contribution in [0.25, 0.3) is 0 Å². The van der Waals surface area contributed by atoms with Gasteiger partial charge in [0.05, 0.1) is 7.11 Å². The fourth-order valence-corrected chi connectivity index (χ4v) is 2.28. The zero-order valence-corrected chi connectivity index (χ0v) is 10.6. The smallest absolute Gasteiger partial charge is 0.170 e. The highest BCUT2D eigenvalue weighted by Crippen LogP contribution is 2.39. The van der Waals surface area contributed by atoms with Crippen LogP contribution < -0.4 is 10.1 Å². The summed E-state index contributed by atoms with van der Waals surface area (Å²) in [6.45, 7) is 1.77. The molecule has 0 spiro atoms. The zero-order valence-electron chi connectivity index (χ0n) is 10.6. The van der Waals surface area contributed by atoms with Crippen LogP contribution in [0.1, 0.15) is 17.9 Å². The lowest BCUT2D eigenvalue weighted by Crippen LogP contribution is -2.17. The van der Waals surface area contributed by atoms with Crippen molar-refractivity contribution in [2.24, 2.45) is 0 Å². The fraction of sp³-hybridized carbons (Fsp3) is 0.538. The summed E-state index contributed by atoms with van der Waals surface area (Å²) in [5, 5.41) is 3.25. The van der Waals surface area contributed by atoms with Crippen molar-refractivity contribution in [2.75, 3.05) is 39.6 Å². The van der Waals surface area contributed by atoms with Gasteiger partial charge in [0.25, 0.3) is 0 Å². The number of ether oxygens (including phenoxy) is 1. The maximum atomic E-state index is 14.2. The van der Waals surface area contributed by atoms with E-state index in [0.717, 1.165) is 30.8 Å². The Bertz CT molecular complexity index is 407. The van der Waals surface area contributed by atoms with Gasteiger partial charge in [0.15, 0.2) is 11.6 Å². The topological polar surface area (TPSA) is 24.5 Å². The molecule has 2 rings (SSSR count). The van der Waals surface area contributed by atoms with Crippen molar-refractivity contribution in [3.63, 3.8) is 0 Å². The Kier molecular flexibility index (Phi) is 3.52. The largest absolute Gasteiger partial charge is 0.494 e. The summed E-state index contributed by atoms with van der Waals surface area (Å²) in [5.41, 5.74) is 1.69. The van der Waals surface area contributed by atoms with Gasteiger partial charge >= 0.3 is 0 Å². The minimum atomic E-state index is -0.209. The minimum absolute atomic E-state index is 0.209. The molecule has 1 aromatic rings. The SMILES string of the molecule is COc1ccc2c(c1F)[C@@H](CCN(C)C)CN2. The molecule has 3 nitrogen and oxygen atoms in total. The molecule has 0 radical (unpaired) electrons. The van der Waals surface area contributed by atoms with E-state index in [2.05, 4.69) is 10.2 Å². The molecule has 0 aliphatic carbocycles.